The molecule has 3 N–H and O–H groups in total. The van der Waals surface area contributed by atoms with Crippen LogP contribution in [0.1, 0.15) is 36.9 Å². The number of nitrogens with two attached hydrogens (primary N) is 1. The summed E-state index contributed by atoms with van der Waals surface area (Å²) in [4.78, 5) is 12.3. The van der Waals surface area contributed by atoms with Crippen LogP contribution < -0.4 is 11.1 Å². The maximum Gasteiger partial charge on any atom is 0.259 e. The fourth-order valence-electron chi connectivity index (χ4n) is 1.70. The molecule has 0 fully saturated rings. The number of nitrogens with one attached hydrogen (secondary N) is 1. The number of amides is 1. The highest BCUT2D eigenvalue weighted by Crippen LogP contribution is 2.28. The highest BCUT2D eigenvalue weighted by molar-refractivity contribution is 6.03. The van der Waals surface area contributed by atoms with E-state index in [1.165, 1.54) is 0 Å². The summed E-state index contributed by atoms with van der Waals surface area (Å²) in [6.45, 7) is 7.80. The summed E-state index contributed by atoms with van der Waals surface area (Å²) in [5.74, 6) is 1.18. The molecule has 2 aromatic heterocycles. The summed E-state index contributed by atoms with van der Waals surface area (Å²) in [5.41, 5.74) is 6.24. The number of aromatic nitrogens is 1. The van der Waals surface area contributed by atoms with Gasteiger partial charge < -0.3 is 20.0 Å². The third-order valence-corrected chi connectivity index (χ3v) is 3.28. The Morgan fingerprint density at radius 2 is 2.05 bits per heavy atom. The van der Waals surface area contributed by atoms with Gasteiger partial charge in [0.2, 0.25) is 5.88 Å². The molecule has 2 aromatic rings. The maximum atomic E-state index is 12.3. The molecule has 0 aromatic carbocycles. The molecule has 6 heteroatoms. The Kier molecular flexibility index (Phi) is 3.83. The molecule has 6 nitrogen and oxygen atoms in total. The standard InChI is InChI=1S/C14H19N3O3/c1-7(2)9(4)16-14(18)11-12(17-20-13(11)15)10-6-5-8(3)19-10/h5-7,9H,15H2,1-4H3,(H,16,18). The molecule has 0 aliphatic carbocycles. The van der Waals surface area contributed by atoms with E-state index in [0.29, 0.717) is 17.4 Å². The van der Waals surface area contributed by atoms with Gasteiger partial charge in [-0.05, 0) is 31.9 Å². The van der Waals surface area contributed by atoms with Gasteiger partial charge >= 0.3 is 0 Å². The highest BCUT2D eigenvalue weighted by atomic mass is 16.5. The zero-order chi connectivity index (χ0) is 14.9. The van der Waals surface area contributed by atoms with Gasteiger partial charge in [-0.25, -0.2) is 0 Å². The summed E-state index contributed by atoms with van der Waals surface area (Å²) < 4.78 is 10.4. The van der Waals surface area contributed by atoms with Gasteiger partial charge in [-0.1, -0.05) is 19.0 Å². The maximum absolute atomic E-state index is 12.3. The van der Waals surface area contributed by atoms with Crippen molar-refractivity contribution in [2.24, 2.45) is 5.92 Å². The zero-order valence-electron chi connectivity index (χ0n) is 12.1. The van der Waals surface area contributed by atoms with Crippen LogP contribution in [-0.4, -0.2) is 17.1 Å². The molecular weight excluding hydrogens is 258 g/mol. The number of carbonyl (C=O) groups is 1. The molecule has 108 valence electrons. The van der Waals surface area contributed by atoms with Crippen molar-refractivity contribution in [1.29, 1.82) is 0 Å². The topological polar surface area (TPSA) is 94.3 Å². The first kappa shape index (κ1) is 14.2. The van der Waals surface area contributed by atoms with E-state index in [1.54, 1.807) is 12.1 Å². The minimum atomic E-state index is -0.311. The summed E-state index contributed by atoms with van der Waals surface area (Å²) in [6, 6.07) is 3.54. The van der Waals surface area contributed by atoms with Crippen molar-refractivity contribution in [3.8, 4) is 11.5 Å². The van der Waals surface area contributed by atoms with Crippen molar-refractivity contribution in [3.05, 3.63) is 23.5 Å². The lowest BCUT2D eigenvalue weighted by Crippen LogP contribution is -2.36. The van der Waals surface area contributed by atoms with Gasteiger partial charge in [-0.2, -0.15) is 0 Å². The fourth-order valence-corrected chi connectivity index (χ4v) is 1.70. The molecule has 2 rings (SSSR count). The number of furan rings is 1. The summed E-state index contributed by atoms with van der Waals surface area (Å²) in [6.07, 6.45) is 0. The van der Waals surface area contributed by atoms with Gasteiger partial charge in [0.25, 0.3) is 5.91 Å². The second-order valence-corrected chi connectivity index (χ2v) is 5.19. The second kappa shape index (κ2) is 5.40. The first-order valence-corrected chi connectivity index (χ1v) is 6.53. The Labute approximate surface area is 117 Å². The van der Waals surface area contributed by atoms with Crippen molar-refractivity contribution in [1.82, 2.24) is 10.5 Å². The average Bonchev–Trinajstić information content (AvgIpc) is 2.95. The number of nitrogen functional groups attached to an aromatic ring is 1. The van der Waals surface area contributed by atoms with Crippen LogP contribution in [0.25, 0.3) is 11.5 Å². The molecule has 0 aliphatic rings. The van der Waals surface area contributed by atoms with Crippen molar-refractivity contribution >= 4 is 11.8 Å². The highest BCUT2D eigenvalue weighted by Gasteiger charge is 2.25. The average molecular weight is 277 g/mol. The van der Waals surface area contributed by atoms with Gasteiger partial charge in [-0.3, -0.25) is 4.79 Å². The Hall–Kier alpha value is -2.24. The largest absolute Gasteiger partial charge is 0.460 e. The zero-order valence-corrected chi connectivity index (χ0v) is 12.1. The van der Waals surface area contributed by atoms with Crippen LogP contribution in [0.3, 0.4) is 0 Å². The van der Waals surface area contributed by atoms with E-state index in [0.717, 1.165) is 5.76 Å². The van der Waals surface area contributed by atoms with Crippen LogP contribution in [0, 0.1) is 12.8 Å². The Morgan fingerprint density at radius 3 is 2.60 bits per heavy atom. The molecule has 0 aliphatic heterocycles. The number of nitrogens with zero attached hydrogens (tertiary/aromatic N) is 1. The quantitative estimate of drug-likeness (QED) is 0.895. The molecule has 20 heavy (non-hydrogen) atoms. The van der Waals surface area contributed by atoms with Crippen molar-refractivity contribution in [2.45, 2.75) is 33.7 Å². The van der Waals surface area contributed by atoms with E-state index in [1.807, 2.05) is 27.7 Å². The van der Waals surface area contributed by atoms with Crippen molar-refractivity contribution < 1.29 is 13.7 Å². The molecule has 2 heterocycles. The second-order valence-electron chi connectivity index (χ2n) is 5.19. The predicted molar refractivity (Wildman–Crippen MR) is 75.1 cm³/mol. The van der Waals surface area contributed by atoms with Crippen LogP contribution in [-0.2, 0) is 0 Å². The third-order valence-electron chi connectivity index (χ3n) is 3.28. The monoisotopic (exact) mass is 277 g/mol. The summed E-state index contributed by atoms with van der Waals surface area (Å²) in [5, 5.41) is 6.70. The Balaban J connectivity index is 2.32. The van der Waals surface area contributed by atoms with Gasteiger partial charge in [-0.15, -0.1) is 0 Å². The van der Waals surface area contributed by atoms with E-state index in [4.69, 9.17) is 14.7 Å². The Morgan fingerprint density at radius 1 is 1.35 bits per heavy atom. The molecule has 0 saturated carbocycles. The molecule has 0 spiro atoms. The Bertz CT molecular complexity index is 613. The molecule has 1 atom stereocenters. The SMILES string of the molecule is Cc1ccc(-c2noc(N)c2C(=O)NC(C)C(C)C)o1. The van der Waals surface area contributed by atoms with Crippen LogP contribution in [0.2, 0.25) is 0 Å². The van der Waals surface area contributed by atoms with E-state index in [9.17, 15) is 4.79 Å². The third kappa shape index (κ3) is 2.68. The first-order chi connectivity index (χ1) is 9.40. The molecule has 1 unspecified atom stereocenters. The predicted octanol–water partition coefficient (Wildman–Crippen LogP) is 2.60. The molecule has 0 saturated heterocycles. The van der Waals surface area contributed by atoms with Crippen LogP contribution in [0.4, 0.5) is 5.88 Å². The van der Waals surface area contributed by atoms with Crippen LogP contribution >= 0.6 is 0 Å². The fraction of sp³-hybridized carbons (Fsp3) is 0.429. The van der Waals surface area contributed by atoms with Crippen molar-refractivity contribution in [2.75, 3.05) is 5.73 Å². The number of carbonyl (C=O) groups excluding carboxylic acids is 1. The lowest BCUT2D eigenvalue weighted by Gasteiger charge is -2.17. The smallest absolute Gasteiger partial charge is 0.259 e. The molecule has 0 bridgehead atoms. The number of anilines is 1. The van der Waals surface area contributed by atoms with Gasteiger partial charge in [0.05, 0.1) is 0 Å². The van der Waals surface area contributed by atoms with Crippen molar-refractivity contribution in [3.63, 3.8) is 0 Å². The number of hydrogen-bond donors (Lipinski definition) is 2. The molecule has 0 radical (unpaired) electrons. The van der Waals surface area contributed by atoms with E-state index < -0.39 is 0 Å². The molecular formula is C14H19N3O3. The van der Waals surface area contributed by atoms with E-state index in [2.05, 4.69) is 10.5 Å². The normalized spacial score (nSPS) is 12.7. The van der Waals surface area contributed by atoms with Gasteiger partial charge in [0, 0.05) is 6.04 Å². The summed E-state index contributed by atoms with van der Waals surface area (Å²) in [7, 11) is 0. The van der Waals surface area contributed by atoms with Gasteiger partial charge in [0.1, 0.15) is 11.3 Å². The minimum absolute atomic E-state index is 0.0116. The number of aryl methyl sites for hydroxylation is 1. The first-order valence-electron chi connectivity index (χ1n) is 6.53. The number of rotatable bonds is 4. The van der Waals surface area contributed by atoms with Gasteiger partial charge in [0.15, 0.2) is 11.5 Å². The van der Waals surface area contributed by atoms with E-state index >= 15 is 0 Å². The summed E-state index contributed by atoms with van der Waals surface area (Å²) >= 11 is 0. The number of hydrogen-bond acceptors (Lipinski definition) is 5. The minimum Gasteiger partial charge on any atom is -0.460 e. The van der Waals surface area contributed by atoms with Crippen LogP contribution in [0.5, 0.6) is 0 Å². The van der Waals surface area contributed by atoms with E-state index in [-0.39, 0.29) is 23.4 Å². The van der Waals surface area contributed by atoms with Crippen LogP contribution in [0.15, 0.2) is 21.1 Å². The lowest BCUT2D eigenvalue weighted by molar-refractivity contribution is 0.0931. The molecule has 1 amide bonds. The lowest BCUT2D eigenvalue weighted by atomic mass is 10.1.